The number of carbonyl (C=O) groups is 1. The molecule has 0 unspecified atom stereocenters. The van der Waals surface area contributed by atoms with Gasteiger partial charge in [0, 0.05) is 16.0 Å². The molecule has 1 heterocycles. The van der Waals surface area contributed by atoms with Gasteiger partial charge in [0.05, 0.1) is 23.9 Å². The van der Waals surface area contributed by atoms with Gasteiger partial charge in [-0.25, -0.2) is 14.8 Å². The summed E-state index contributed by atoms with van der Waals surface area (Å²) in [4.78, 5) is 19.7. The fourth-order valence-electron chi connectivity index (χ4n) is 3.18. The van der Waals surface area contributed by atoms with E-state index >= 15 is 0 Å². The van der Waals surface area contributed by atoms with Crippen LogP contribution in [0.5, 0.6) is 11.5 Å². The van der Waals surface area contributed by atoms with E-state index in [-0.39, 0.29) is 49.1 Å². The Bertz CT molecular complexity index is 1290. The van der Waals surface area contributed by atoms with Crippen molar-refractivity contribution < 1.29 is 50.4 Å². The average molecular weight is 460 g/mol. The van der Waals surface area contributed by atoms with Crippen molar-refractivity contribution in [1.82, 2.24) is 9.97 Å². The zero-order chi connectivity index (χ0) is 22.0. The van der Waals surface area contributed by atoms with Crippen LogP contribution in [-0.2, 0) is 6.61 Å². The third-order valence-electron chi connectivity index (χ3n) is 4.71. The van der Waals surface area contributed by atoms with Gasteiger partial charge in [0.1, 0.15) is 6.61 Å². The fourth-order valence-corrected chi connectivity index (χ4v) is 3.35. The summed E-state index contributed by atoms with van der Waals surface area (Å²) in [6.45, 7) is 0.234. The summed E-state index contributed by atoms with van der Waals surface area (Å²) in [5.41, 5.74) is 9.02. The molecule has 0 amide bonds. The topological polar surface area (TPSA) is 108 Å². The van der Waals surface area contributed by atoms with E-state index in [2.05, 4.69) is 9.97 Å². The largest absolute Gasteiger partial charge is 1.00 e. The van der Waals surface area contributed by atoms with Crippen LogP contribution in [0.3, 0.4) is 0 Å². The molecule has 0 aliphatic heterocycles. The Hall–Kier alpha value is -2.84. The van der Waals surface area contributed by atoms with Gasteiger partial charge in [-0.1, -0.05) is 23.7 Å². The molecule has 7 nitrogen and oxygen atoms in total. The van der Waals surface area contributed by atoms with Crippen LogP contribution in [0.4, 0.5) is 5.95 Å². The van der Waals surface area contributed by atoms with E-state index in [1.165, 1.54) is 12.1 Å². The molecule has 4 aromatic rings. The van der Waals surface area contributed by atoms with E-state index in [4.69, 9.17) is 31.9 Å². The van der Waals surface area contributed by atoms with Gasteiger partial charge >= 0.3 is 35.5 Å². The first-order valence-corrected chi connectivity index (χ1v) is 9.68. The Morgan fingerprint density at radius 2 is 1.81 bits per heavy atom. The second-order valence-corrected chi connectivity index (χ2v) is 7.18. The van der Waals surface area contributed by atoms with Crippen LogP contribution in [-0.4, -0.2) is 28.2 Å². The van der Waals surface area contributed by atoms with E-state index in [1.807, 2.05) is 12.1 Å². The summed E-state index contributed by atoms with van der Waals surface area (Å²) in [7, 11) is 1.56. The first-order valence-electron chi connectivity index (χ1n) is 9.31. The van der Waals surface area contributed by atoms with Crippen molar-refractivity contribution in [3.8, 4) is 22.8 Å². The number of aromatic carboxylic acids is 1. The third-order valence-corrected chi connectivity index (χ3v) is 4.94. The number of halogens is 1. The van der Waals surface area contributed by atoms with E-state index in [0.717, 1.165) is 16.5 Å². The van der Waals surface area contributed by atoms with E-state index in [9.17, 15) is 4.79 Å². The number of aromatic nitrogens is 2. The van der Waals surface area contributed by atoms with E-state index in [1.54, 1.807) is 43.5 Å². The number of fused-ring (bicyclic) bond motifs is 1. The second-order valence-electron chi connectivity index (χ2n) is 6.75. The number of carboxylic acid groups (broad SMARTS) is 1. The van der Waals surface area contributed by atoms with E-state index < -0.39 is 5.97 Å². The van der Waals surface area contributed by atoms with Gasteiger partial charge in [0.15, 0.2) is 11.5 Å². The second kappa shape index (κ2) is 10.2. The maximum Gasteiger partial charge on any atom is 1.00 e. The molecule has 0 saturated heterocycles. The van der Waals surface area contributed by atoms with Crippen molar-refractivity contribution >= 4 is 34.4 Å². The number of methoxy groups -OCH3 is 1. The number of carboxylic acids is 1. The van der Waals surface area contributed by atoms with Gasteiger partial charge in [-0.05, 0) is 54.1 Å². The molecule has 0 aliphatic carbocycles. The number of nitrogens with two attached hydrogens (primary N) is 1. The van der Waals surface area contributed by atoms with Crippen LogP contribution in [0, 0.1) is 0 Å². The minimum atomic E-state index is -0.974. The van der Waals surface area contributed by atoms with Gasteiger partial charge in [-0.2, -0.15) is 0 Å². The van der Waals surface area contributed by atoms with Crippen LogP contribution >= 0.6 is 11.6 Å². The van der Waals surface area contributed by atoms with Gasteiger partial charge < -0.3 is 21.7 Å². The summed E-state index contributed by atoms with van der Waals surface area (Å²) in [6, 6.07) is 17.3. The molecule has 32 heavy (non-hydrogen) atoms. The molecule has 9 heteroatoms. The smallest absolute Gasteiger partial charge is 1.00 e. The van der Waals surface area contributed by atoms with Crippen molar-refractivity contribution in [2.45, 2.75) is 6.61 Å². The summed E-state index contributed by atoms with van der Waals surface area (Å²) in [6.07, 6.45) is 0. The molecule has 158 valence electrons. The van der Waals surface area contributed by atoms with Crippen LogP contribution in [0.2, 0.25) is 5.02 Å². The maximum atomic E-state index is 11.0. The number of nitrogens with zero attached hydrogens (tertiary/aromatic N) is 2. The quantitative estimate of drug-likeness (QED) is 0.424. The molecule has 0 bridgehead atoms. The van der Waals surface area contributed by atoms with Crippen molar-refractivity contribution in [2.24, 2.45) is 0 Å². The van der Waals surface area contributed by atoms with Crippen molar-refractivity contribution in [2.75, 3.05) is 12.8 Å². The first kappa shape index (κ1) is 23.8. The molecule has 0 atom stereocenters. The maximum absolute atomic E-state index is 11.0. The average Bonchev–Trinajstić information content (AvgIpc) is 2.77. The number of ether oxygens (including phenoxy) is 2. The van der Waals surface area contributed by atoms with Gasteiger partial charge in [0.25, 0.3) is 0 Å². The predicted octanol–water partition coefficient (Wildman–Crippen LogP) is 1.93. The summed E-state index contributed by atoms with van der Waals surface area (Å²) in [5.74, 6) is 0.241. The molecule has 0 radical (unpaired) electrons. The Morgan fingerprint density at radius 1 is 1.06 bits per heavy atom. The molecular formula is C23H19ClN3NaO4. The molecule has 1 aromatic heterocycles. The number of anilines is 1. The van der Waals surface area contributed by atoms with Crippen molar-refractivity contribution in [3.63, 3.8) is 0 Å². The molecule has 3 N–H and O–H groups in total. The Balaban J connectivity index is 0.00000193. The number of benzene rings is 3. The minimum Gasteiger partial charge on any atom is -1.00 e. The van der Waals surface area contributed by atoms with Crippen molar-refractivity contribution in [3.05, 3.63) is 76.8 Å². The van der Waals surface area contributed by atoms with Crippen molar-refractivity contribution in [1.29, 1.82) is 0 Å². The number of hydrogen-bond donors (Lipinski definition) is 2. The number of hydrogen-bond acceptors (Lipinski definition) is 6. The Kier molecular flexibility index (Phi) is 7.58. The molecular weight excluding hydrogens is 441 g/mol. The van der Waals surface area contributed by atoms with Crippen LogP contribution in [0.15, 0.2) is 60.7 Å². The molecule has 4 rings (SSSR count). The SMILES string of the molecule is COc1ccc(-c2nc(N)nc3ccc(Cl)cc23)cc1OCc1ccc(C(=O)O)cc1.[H-].[Na+]. The van der Waals surface area contributed by atoms with Gasteiger partial charge in [-0.15, -0.1) is 0 Å². The molecule has 0 spiro atoms. The minimum absolute atomic E-state index is 0. The predicted molar refractivity (Wildman–Crippen MR) is 120 cm³/mol. The van der Waals surface area contributed by atoms with Gasteiger partial charge in [0.2, 0.25) is 5.95 Å². The number of rotatable bonds is 6. The van der Waals surface area contributed by atoms with Crippen LogP contribution in [0.1, 0.15) is 17.3 Å². The molecule has 0 aliphatic rings. The Morgan fingerprint density at radius 3 is 2.50 bits per heavy atom. The normalized spacial score (nSPS) is 10.4. The monoisotopic (exact) mass is 459 g/mol. The fraction of sp³-hybridized carbons (Fsp3) is 0.0870. The zero-order valence-corrected chi connectivity index (χ0v) is 20.3. The summed E-state index contributed by atoms with van der Waals surface area (Å²) >= 11 is 6.18. The van der Waals surface area contributed by atoms with Crippen LogP contribution < -0.4 is 44.8 Å². The summed E-state index contributed by atoms with van der Waals surface area (Å²) < 4.78 is 11.4. The van der Waals surface area contributed by atoms with E-state index in [0.29, 0.717) is 27.7 Å². The first-order chi connectivity index (χ1) is 14.9. The number of nitrogen functional groups attached to an aromatic ring is 1. The molecule has 0 fully saturated rings. The molecule has 3 aromatic carbocycles. The zero-order valence-electron chi connectivity index (χ0n) is 18.5. The Labute approximate surface area is 212 Å². The standard InChI is InChI=1S/C23H18ClN3O4.Na.H/c1-30-19-9-6-15(21-17-11-16(24)7-8-18(17)26-23(25)27-21)10-20(19)31-12-13-2-4-14(5-3-13)22(28)29;;/h2-11H,12H2,1H3,(H,28,29)(H2,25,26,27);;/q;+1;-1. The summed E-state index contributed by atoms with van der Waals surface area (Å²) in [5, 5.41) is 10.4. The third kappa shape index (κ3) is 5.14. The van der Waals surface area contributed by atoms with Gasteiger partial charge in [-0.3, -0.25) is 0 Å². The molecule has 0 saturated carbocycles. The van der Waals surface area contributed by atoms with Crippen LogP contribution in [0.25, 0.3) is 22.2 Å².